The zero-order valence-electron chi connectivity index (χ0n) is 14.2. The number of hydrogen-bond donors (Lipinski definition) is 0. The van der Waals surface area contributed by atoms with Crippen molar-refractivity contribution >= 4 is 5.69 Å². The van der Waals surface area contributed by atoms with E-state index in [1.807, 2.05) is 0 Å². The van der Waals surface area contributed by atoms with Gasteiger partial charge in [-0.25, -0.2) is 4.98 Å². The minimum Gasteiger partial charge on any atom is -0.489 e. The van der Waals surface area contributed by atoms with Gasteiger partial charge in [-0.3, -0.25) is 10.1 Å². The van der Waals surface area contributed by atoms with Crippen molar-refractivity contribution in [2.75, 3.05) is 0 Å². The Morgan fingerprint density at radius 2 is 1.71 bits per heavy atom. The largest absolute Gasteiger partial charge is 0.489 e. The summed E-state index contributed by atoms with van der Waals surface area (Å²) in [5.74, 6) is 0.554. The predicted molar refractivity (Wildman–Crippen MR) is 93.2 cm³/mol. The third-order valence-electron chi connectivity index (χ3n) is 3.65. The molecule has 0 saturated carbocycles. The molecule has 0 atom stereocenters. The van der Waals surface area contributed by atoms with Gasteiger partial charge < -0.3 is 9.47 Å². The molecule has 0 spiro atoms. The van der Waals surface area contributed by atoms with E-state index in [0.717, 1.165) is 12.1 Å². The summed E-state index contributed by atoms with van der Waals surface area (Å²) in [6, 6.07) is 13.7. The van der Waals surface area contributed by atoms with Gasteiger partial charge in [0.25, 0.3) is 5.88 Å². The van der Waals surface area contributed by atoms with Crippen LogP contribution in [0.1, 0.15) is 11.1 Å². The molecule has 6 nitrogen and oxygen atoms in total. The van der Waals surface area contributed by atoms with E-state index in [0.29, 0.717) is 17.1 Å². The van der Waals surface area contributed by atoms with E-state index >= 15 is 0 Å². The molecule has 0 aliphatic heterocycles. The molecule has 0 saturated heterocycles. The van der Waals surface area contributed by atoms with Gasteiger partial charge in [0.2, 0.25) is 0 Å². The van der Waals surface area contributed by atoms with Crippen molar-refractivity contribution in [3.63, 3.8) is 0 Å². The Hall–Kier alpha value is -3.62. The Morgan fingerprint density at radius 1 is 1.00 bits per heavy atom. The molecule has 3 aromatic rings. The smallest absolute Gasteiger partial charge is 0.416 e. The number of halogens is 3. The maximum atomic E-state index is 12.7. The van der Waals surface area contributed by atoms with E-state index in [2.05, 4.69) is 4.98 Å². The lowest BCUT2D eigenvalue weighted by Crippen LogP contribution is -2.06. The molecule has 0 radical (unpaired) electrons. The van der Waals surface area contributed by atoms with Gasteiger partial charge in [-0.05, 0) is 48.0 Å². The number of hydrogen-bond acceptors (Lipinski definition) is 5. The molecular weight excluding hydrogens is 377 g/mol. The lowest BCUT2D eigenvalue weighted by atomic mass is 10.1. The Kier molecular flexibility index (Phi) is 5.44. The molecule has 0 bridgehead atoms. The minimum atomic E-state index is -4.41. The molecule has 1 heterocycles. The maximum Gasteiger partial charge on any atom is 0.416 e. The van der Waals surface area contributed by atoms with Crippen LogP contribution in [-0.2, 0) is 12.8 Å². The van der Waals surface area contributed by atoms with E-state index in [4.69, 9.17) is 9.47 Å². The van der Waals surface area contributed by atoms with Crippen LogP contribution in [-0.4, -0.2) is 9.91 Å². The average Bonchev–Trinajstić information content (AvgIpc) is 2.67. The van der Waals surface area contributed by atoms with Crippen molar-refractivity contribution in [1.29, 1.82) is 0 Å². The van der Waals surface area contributed by atoms with E-state index in [9.17, 15) is 23.3 Å². The first kappa shape index (κ1) is 19.2. The first-order chi connectivity index (χ1) is 13.3. The maximum absolute atomic E-state index is 12.7. The van der Waals surface area contributed by atoms with E-state index in [-0.39, 0.29) is 18.2 Å². The Labute approximate surface area is 157 Å². The third kappa shape index (κ3) is 4.76. The third-order valence-corrected chi connectivity index (χ3v) is 3.65. The van der Waals surface area contributed by atoms with Crippen LogP contribution in [0.5, 0.6) is 17.4 Å². The number of nitro groups is 1. The Balaban J connectivity index is 1.65. The highest BCUT2D eigenvalue weighted by molar-refractivity contribution is 5.43. The van der Waals surface area contributed by atoms with E-state index in [1.54, 1.807) is 0 Å². The van der Waals surface area contributed by atoms with Crippen molar-refractivity contribution in [2.24, 2.45) is 0 Å². The van der Waals surface area contributed by atoms with Crippen LogP contribution in [0.25, 0.3) is 0 Å². The molecule has 0 amide bonds. The van der Waals surface area contributed by atoms with Gasteiger partial charge in [-0.1, -0.05) is 12.1 Å². The average molecular weight is 390 g/mol. The predicted octanol–water partition coefficient (Wildman–Crippen LogP) is 5.38. The molecule has 0 aliphatic carbocycles. The van der Waals surface area contributed by atoms with Gasteiger partial charge in [0.1, 0.15) is 18.1 Å². The van der Waals surface area contributed by atoms with Crippen LogP contribution in [0.4, 0.5) is 18.9 Å². The summed E-state index contributed by atoms with van der Waals surface area (Å²) in [5.41, 5.74) is -0.638. The van der Waals surface area contributed by atoms with Crippen LogP contribution in [0.2, 0.25) is 0 Å². The highest BCUT2D eigenvalue weighted by Gasteiger charge is 2.30. The second-order valence-corrected chi connectivity index (χ2v) is 5.65. The van der Waals surface area contributed by atoms with Crippen LogP contribution in [0.3, 0.4) is 0 Å². The second-order valence-electron chi connectivity index (χ2n) is 5.65. The van der Waals surface area contributed by atoms with Crippen molar-refractivity contribution in [2.45, 2.75) is 12.8 Å². The molecule has 9 heteroatoms. The fourth-order valence-electron chi connectivity index (χ4n) is 2.32. The molecule has 144 valence electrons. The SMILES string of the molecule is O=[N+]([O-])c1cccnc1Oc1ccc(OCc2cccc(C(F)(F)F)c2)cc1. The van der Waals surface area contributed by atoms with E-state index < -0.39 is 16.7 Å². The van der Waals surface area contributed by atoms with Gasteiger partial charge in [-0.2, -0.15) is 13.2 Å². The number of aromatic nitrogens is 1. The molecule has 28 heavy (non-hydrogen) atoms. The molecular formula is C19H13F3N2O4. The van der Waals surface area contributed by atoms with Gasteiger partial charge in [-0.15, -0.1) is 0 Å². The quantitative estimate of drug-likeness (QED) is 0.417. The van der Waals surface area contributed by atoms with Crippen molar-refractivity contribution < 1.29 is 27.6 Å². The van der Waals surface area contributed by atoms with Crippen molar-refractivity contribution in [1.82, 2.24) is 4.98 Å². The molecule has 1 aromatic heterocycles. The highest BCUT2D eigenvalue weighted by Crippen LogP contribution is 2.31. The van der Waals surface area contributed by atoms with Gasteiger partial charge >= 0.3 is 11.9 Å². The molecule has 3 rings (SSSR count). The summed E-state index contributed by atoms with van der Waals surface area (Å²) < 4.78 is 49.1. The van der Waals surface area contributed by atoms with E-state index in [1.165, 1.54) is 54.7 Å². The summed E-state index contributed by atoms with van der Waals surface area (Å²) in [7, 11) is 0. The number of rotatable bonds is 6. The fourth-order valence-corrected chi connectivity index (χ4v) is 2.32. The zero-order valence-corrected chi connectivity index (χ0v) is 14.2. The monoisotopic (exact) mass is 390 g/mol. The summed E-state index contributed by atoms with van der Waals surface area (Å²) in [4.78, 5) is 14.2. The molecule has 0 unspecified atom stereocenters. The summed E-state index contributed by atoms with van der Waals surface area (Å²) in [6.07, 6.45) is -3.04. The van der Waals surface area contributed by atoms with Crippen molar-refractivity contribution in [3.05, 3.63) is 88.1 Å². The van der Waals surface area contributed by atoms with Gasteiger partial charge in [0.05, 0.1) is 10.5 Å². The molecule has 0 aliphatic rings. The topological polar surface area (TPSA) is 74.5 Å². The standard InChI is InChI=1S/C19H13F3N2O4/c20-19(21,22)14-4-1-3-13(11-14)12-27-15-6-8-16(9-7-15)28-18-17(24(25)26)5-2-10-23-18/h1-11H,12H2. The van der Waals surface area contributed by atoms with Crippen LogP contribution in [0, 0.1) is 10.1 Å². The van der Waals surface area contributed by atoms with Crippen LogP contribution in [0.15, 0.2) is 66.9 Å². The fraction of sp³-hybridized carbons (Fsp3) is 0.105. The Morgan fingerprint density at radius 3 is 2.39 bits per heavy atom. The summed E-state index contributed by atoms with van der Waals surface area (Å²) in [6.45, 7) is -0.0458. The van der Waals surface area contributed by atoms with Crippen LogP contribution >= 0.6 is 0 Å². The van der Waals surface area contributed by atoms with Gasteiger partial charge in [0.15, 0.2) is 0 Å². The summed E-state index contributed by atoms with van der Waals surface area (Å²) >= 11 is 0. The van der Waals surface area contributed by atoms with Gasteiger partial charge in [0, 0.05) is 12.3 Å². The number of nitrogens with zero attached hydrogens (tertiary/aromatic N) is 2. The Bertz CT molecular complexity index is 975. The highest BCUT2D eigenvalue weighted by atomic mass is 19.4. The second kappa shape index (κ2) is 7.95. The first-order valence-corrected chi connectivity index (χ1v) is 7.99. The lowest BCUT2D eigenvalue weighted by molar-refractivity contribution is -0.386. The number of benzene rings is 2. The number of ether oxygens (including phenoxy) is 2. The minimum absolute atomic E-state index is 0.0458. The van der Waals surface area contributed by atoms with Crippen molar-refractivity contribution in [3.8, 4) is 17.4 Å². The normalized spacial score (nSPS) is 11.1. The molecule has 0 N–H and O–H groups in total. The zero-order chi connectivity index (χ0) is 20.1. The molecule has 2 aromatic carbocycles. The number of pyridine rings is 1. The first-order valence-electron chi connectivity index (χ1n) is 7.99. The van der Waals surface area contributed by atoms with Crippen LogP contribution < -0.4 is 9.47 Å². The molecule has 0 fully saturated rings. The lowest BCUT2D eigenvalue weighted by Gasteiger charge is -2.10. The summed E-state index contributed by atoms with van der Waals surface area (Å²) in [5, 5.41) is 11.0. The number of alkyl halides is 3.